The van der Waals surface area contributed by atoms with Crippen molar-refractivity contribution in [2.75, 3.05) is 0 Å². The van der Waals surface area contributed by atoms with E-state index >= 15 is 0 Å². The van der Waals surface area contributed by atoms with Crippen LogP contribution in [0.3, 0.4) is 0 Å². The van der Waals surface area contributed by atoms with E-state index in [0.717, 1.165) is 6.42 Å². The minimum atomic E-state index is -2.20. The zero-order chi connectivity index (χ0) is 25.9. The topological polar surface area (TPSA) is 0 Å². The quantitative estimate of drug-likeness (QED) is 0.357. The summed E-state index contributed by atoms with van der Waals surface area (Å²) >= 11 is -4.17. The standard InChI is InChI=1S/C16H22.2C5H5.4CH3.4ClH.2Zr/c1-9-7-15(13(5)11(9)3)16-8-10(2)12(4)14(16)6;2*1-2-4-5-3-1;;;;;;;;;;/h7-8H2,1-6H3;2*1-3H,4H2;4*1H3;4*1H;;/q;;;;;;;;;;;2*+2/p-4. The van der Waals surface area contributed by atoms with E-state index < -0.39 is 38.1 Å². The second-order valence-corrected chi connectivity index (χ2v) is 42.0. The number of hydrogen-bond donors (Lipinski definition) is 0. The average Bonchev–Trinajstić information content (AvgIpc) is 3.53. The predicted octanol–water partition coefficient (Wildman–Crippen LogP) is 5.58. The Bertz CT molecular complexity index is 1030. The van der Waals surface area contributed by atoms with Crippen LogP contribution in [0.2, 0.25) is 18.5 Å². The Morgan fingerprint density at radius 2 is 1.06 bits per heavy atom. The third-order valence-electron chi connectivity index (χ3n) is 7.63. The van der Waals surface area contributed by atoms with Crippen LogP contribution in [0.4, 0.5) is 0 Å². The van der Waals surface area contributed by atoms with Crippen LogP contribution in [-0.2, 0) is 38.1 Å². The summed E-state index contributed by atoms with van der Waals surface area (Å²) in [6, 6.07) is 0. The van der Waals surface area contributed by atoms with Crippen molar-refractivity contribution >= 4 is 17.0 Å². The molecular formula is C30H44Cl4Zr2. The van der Waals surface area contributed by atoms with Crippen LogP contribution in [0.15, 0.2) is 87.6 Å². The van der Waals surface area contributed by atoms with Crippen LogP contribution < -0.4 is 24.8 Å². The first kappa shape index (κ1) is 36.8. The normalized spacial score (nSPS) is 18.9. The Hall–Kier alpha value is 0.846. The first-order valence-electron chi connectivity index (χ1n) is 12.5. The van der Waals surface area contributed by atoms with E-state index in [1.165, 1.54) is 44.8 Å². The molecule has 0 atom stereocenters. The van der Waals surface area contributed by atoms with Gasteiger partial charge in [-0.15, -0.1) is 0 Å². The van der Waals surface area contributed by atoms with Crippen molar-refractivity contribution in [3.8, 4) is 0 Å². The summed E-state index contributed by atoms with van der Waals surface area (Å²) in [4.78, 5) is 0. The van der Waals surface area contributed by atoms with E-state index in [0.29, 0.717) is 0 Å². The third-order valence-corrected chi connectivity index (χ3v) is 19.8. The second kappa shape index (κ2) is 15.0. The van der Waals surface area contributed by atoms with E-state index in [2.05, 4.69) is 84.4 Å². The van der Waals surface area contributed by atoms with Crippen LogP contribution >= 0.6 is 17.0 Å². The van der Waals surface area contributed by atoms with Gasteiger partial charge in [0, 0.05) is 0 Å². The first-order chi connectivity index (χ1) is 15.6. The molecule has 0 nitrogen and oxygen atoms in total. The van der Waals surface area contributed by atoms with Crippen LogP contribution in [0, 0.1) is 0 Å². The fourth-order valence-electron chi connectivity index (χ4n) is 4.60. The number of hydrogen-bond acceptors (Lipinski definition) is 0. The van der Waals surface area contributed by atoms with E-state index in [1.807, 2.05) is 12.2 Å². The SMILES string of the molecule is CC1=C(C)C(C)=C(C2=C(C)C(C)=C(C)C2)C1.[CH3][Zr+2]([CH3])([CH3])([CH3])[C]1=CC=CC1.[Cl-].[Cl-].[Cl][Zr]([Cl])[C]1=CC=CC1. The van der Waals surface area contributed by atoms with Crippen molar-refractivity contribution in [1.82, 2.24) is 0 Å². The van der Waals surface area contributed by atoms with Crippen molar-refractivity contribution in [3.63, 3.8) is 0 Å². The summed E-state index contributed by atoms with van der Waals surface area (Å²) in [5.41, 5.74) is 12.4. The molecule has 0 N–H and O–H groups in total. The van der Waals surface area contributed by atoms with Crippen molar-refractivity contribution < 1.29 is 63.0 Å². The van der Waals surface area contributed by atoms with E-state index in [4.69, 9.17) is 17.0 Å². The molecule has 0 amide bonds. The molecule has 0 spiro atoms. The number of rotatable bonds is 3. The zero-order valence-corrected chi connectivity index (χ0v) is 31.7. The van der Waals surface area contributed by atoms with Crippen molar-refractivity contribution in [2.45, 2.75) is 85.8 Å². The van der Waals surface area contributed by atoms with Crippen LogP contribution in [0.25, 0.3) is 0 Å². The molecule has 0 bridgehead atoms. The van der Waals surface area contributed by atoms with Crippen LogP contribution in [0.5, 0.6) is 0 Å². The Balaban J connectivity index is 0.000000532. The molecule has 4 aliphatic carbocycles. The van der Waals surface area contributed by atoms with Gasteiger partial charge in [-0.2, -0.15) is 0 Å². The molecule has 0 aliphatic heterocycles. The monoisotopic (exact) mass is 724 g/mol. The molecule has 4 aliphatic rings. The molecule has 0 saturated carbocycles. The fraction of sp³-hybridized carbons (Fsp3) is 0.467. The molecule has 36 heavy (non-hydrogen) atoms. The first-order valence-corrected chi connectivity index (χ1v) is 31.1. The summed E-state index contributed by atoms with van der Waals surface area (Å²) in [6.45, 7) is 13.6. The summed E-state index contributed by atoms with van der Waals surface area (Å²) < 4.78 is 13.0. The molecule has 0 unspecified atom stereocenters. The predicted molar refractivity (Wildman–Crippen MR) is 150 cm³/mol. The second-order valence-electron chi connectivity index (χ2n) is 12.3. The van der Waals surface area contributed by atoms with Crippen molar-refractivity contribution in [1.29, 1.82) is 0 Å². The molecule has 0 aromatic carbocycles. The number of allylic oxidation sites excluding steroid dienone is 16. The Morgan fingerprint density at radius 1 is 0.639 bits per heavy atom. The molecule has 0 aromatic heterocycles. The van der Waals surface area contributed by atoms with Gasteiger partial charge in [0.25, 0.3) is 0 Å². The molecule has 200 valence electrons. The van der Waals surface area contributed by atoms with Gasteiger partial charge in [-0.1, -0.05) is 11.1 Å². The minimum absolute atomic E-state index is 0. The fourth-order valence-corrected chi connectivity index (χ4v) is 11.6. The van der Waals surface area contributed by atoms with E-state index in [9.17, 15) is 0 Å². The molecule has 0 fully saturated rings. The number of halogens is 4. The van der Waals surface area contributed by atoms with Gasteiger partial charge in [-0.3, -0.25) is 0 Å². The van der Waals surface area contributed by atoms with Gasteiger partial charge in [0.15, 0.2) is 0 Å². The Kier molecular flexibility index (Phi) is 15.4. The van der Waals surface area contributed by atoms with Gasteiger partial charge >= 0.3 is 130 Å². The Labute approximate surface area is 250 Å². The van der Waals surface area contributed by atoms with Gasteiger partial charge in [0.1, 0.15) is 0 Å². The molecule has 4 rings (SSSR count). The summed E-state index contributed by atoms with van der Waals surface area (Å²) in [6.07, 6.45) is 17.5. The maximum absolute atomic E-state index is 5.74. The maximum atomic E-state index is 5.74. The third kappa shape index (κ3) is 10.1. The van der Waals surface area contributed by atoms with E-state index in [1.54, 1.807) is 25.6 Å². The van der Waals surface area contributed by atoms with Crippen molar-refractivity contribution in [2.24, 2.45) is 0 Å². The molecule has 0 saturated heterocycles. The Morgan fingerprint density at radius 3 is 1.25 bits per heavy atom. The summed E-state index contributed by atoms with van der Waals surface area (Å²) in [5, 5.41) is 0. The molecule has 0 radical (unpaired) electrons. The molecular weight excluding hydrogens is 685 g/mol. The summed E-state index contributed by atoms with van der Waals surface area (Å²) in [5.74, 6) is 0. The zero-order valence-electron chi connectivity index (χ0n) is 23.8. The van der Waals surface area contributed by atoms with Crippen LogP contribution in [-0.4, -0.2) is 0 Å². The van der Waals surface area contributed by atoms with E-state index in [-0.39, 0.29) is 24.8 Å². The molecule has 0 aromatic rings. The van der Waals surface area contributed by atoms with Gasteiger partial charge in [-0.25, -0.2) is 0 Å². The summed E-state index contributed by atoms with van der Waals surface area (Å²) in [7, 11) is 11.5. The van der Waals surface area contributed by atoms with Gasteiger partial charge in [0.05, 0.1) is 0 Å². The van der Waals surface area contributed by atoms with Gasteiger partial charge in [0.2, 0.25) is 0 Å². The molecule has 6 heteroatoms. The average molecular weight is 729 g/mol. The molecule has 0 heterocycles. The van der Waals surface area contributed by atoms with Gasteiger partial charge in [-0.05, 0) is 87.8 Å². The van der Waals surface area contributed by atoms with Gasteiger partial charge < -0.3 is 24.8 Å². The van der Waals surface area contributed by atoms with Crippen LogP contribution in [0.1, 0.15) is 67.2 Å². The van der Waals surface area contributed by atoms with Crippen molar-refractivity contribution in [3.05, 3.63) is 87.6 Å².